The number of amides is 1. The van der Waals surface area contributed by atoms with Gasteiger partial charge in [0.2, 0.25) is 5.91 Å². The van der Waals surface area contributed by atoms with Crippen molar-refractivity contribution in [1.29, 1.82) is 0 Å². The molecule has 136 valence electrons. The molecule has 3 heterocycles. The summed E-state index contributed by atoms with van der Waals surface area (Å²) in [5.41, 5.74) is 0.933. The van der Waals surface area contributed by atoms with Crippen LogP contribution in [-0.4, -0.2) is 68.2 Å². The first-order valence-electron chi connectivity index (χ1n) is 9.13. The van der Waals surface area contributed by atoms with Crippen LogP contribution in [0.15, 0.2) is 29.2 Å². The van der Waals surface area contributed by atoms with Crippen LogP contribution in [0.4, 0.5) is 5.69 Å². The molecule has 0 aliphatic carbocycles. The smallest absolute Gasteiger partial charge is 0.241 e. The lowest BCUT2D eigenvalue weighted by atomic mass is 9.86. The van der Waals surface area contributed by atoms with Crippen molar-refractivity contribution in [2.24, 2.45) is 0 Å². The molecule has 0 radical (unpaired) electrons. The van der Waals surface area contributed by atoms with E-state index in [2.05, 4.69) is 17.0 Å². The number of para-hydroxylation sites is 1. The Bertz CT molecular complexity index is 633. The Hall–Kier alpha value is -1.08. The van der Waals surface area contributed by atoms with Gasteiger partial charge in [0.25, 0.3) is 0 Å². The van der Waals surface area contributed by atoms with Gasteiger partial charge in [-0.15, -0.1) is 11.8 Å². The molecule has 5 nitrogen and oxygen atoms in total. The van der Waals surface area contributed by atoms with E-state index in [4.69, 9.17) is 9.47 Å². The van der Waals surface area contributed by atoms with Crippen LogP contribution < -0.4 is 4.90 Å². The number of hydrogen-bond acceptors (Lipinski definition) is 5. The monoisotopic (exact) mass is 362 g/mol. The van der Waals surface area contributed by atoms with Gasteiger partial charge in [0.1, 0.15) is 0 Å². The third-order valence-electron chi connectivity index (χ3n) is 5.67. The third-order valence-corrected chi connectivity index (χ3v) is 6.71. The molecular weight excluding hydrogens is 336 g/mol. The van der Waals surface area contributed by atoms with E-state index in [1.54, 1.807) is 7.11 Å². The van der Waals surface area contributed by atoms with Gasteiger partial charge in [-0.2, -0.15) is 0 Å². The number of anilines is 1. The van der Waals surface area contributed by atoms with Gasteiger partial charge in [-0.25, -0.2) is 0 Å². The molecule has 1 spiro atoms. The lowest BCUT2D eigenvalue weighted by Crippen LogP contribution is -2.57. The van der Waals surface area contributed by atoms with Gasteiger partial charge in [0.15, 0.2) is 0 Å². The van der Waals surface area contributed by atoms with Gasteiger partial charge in [0, 0.05) is 44.0 Å². The summed E-state index contributed by atoms with van der Waals surface area (Å²) >= 11 is 1.83. The maximum absolute atomic E-state index is 12.9. The number of piperidine rings is 1. The lowest BCUT2D eigenvalue weighted by Gasteiger charge is -2.44. The maximum atomic E-state index is 12.9. The van der Waals surface area contributed by atoms with Crippen molar-refractivity contribution in [2.45, 2.75) is 35.9 Å². The Morgan fingerprint density at radius 3 is 3.04 bits per heavy atom. The zero-order valence-corrected chi connectivity index (χ0v) is 15.6. The van der Waals surface area contributed by atoms with Gasteiger partial charge in [-0.05, 0) is 31.4 Å². The van der Waals surface area contributed by atoms with Gasteiger partial charge >= 0.3 is 0 Å². The molecule has 1 aromatic carbocycles. The van der Waals surface area contributed by atoms with Crippen LogP contribution >= 0.6 is 11.8 Å². The molecule has 0 bridgehead atoms. The predicted molar refractivity (Wildman–Crippen MR) is 99.3 cm³/mol. The van der Waals surface area contributed by atoms with E-state index in [9.17, 15) is 4.79 Å². The molecule has 3 aliphatic rings. The van der Waals surface area contributed by atoms with Crippen LogP contribution in [-0.2, 0) is 14.3 Å². The summed E-state index contributed by atoms with van der Waals surface area (Å²) < 4.78 is 11.8. The molecule has 3 aliphatic heterocycles. The average molecular weight is 362 g/mol. The highest BCUT2D eigenvalue weighted by atomic mass is 32.2. The second-order valence-corrected chi connectivity index (χ2v) is 8.22. The SMILES string of the molecule is CO[C@@H]1CN(CC(=O)N2CCSc3ccccc32)CC[C@@]12CCCO2. The maximum Gasteiger partial charge on any atom is 0.241 e. The molecular formula is C19H26N2O3S. The predicted octanol–water partition coefficient (Wildman–Crippen LogP) is 2.40. The Kier molecular flexibility index (Phi) is 5.04. The molecule has 2 atom stereocenters. The first kappa shape index (κ1) is 17.3. The normalized spacial score (nSPS) is 29.8. The van der Waals surface area contributed by atoms with Gasteiger partial charge in [0.05, 0.1) is 23.9 Å². The van der Waals surface area contributed by atoms with Crippen LogP contribution in [0.5, 0.6) is 0 Å². The number of methoxy groups -OCH3 is 1. The molecule has 0 saturated carbocycles. The molecule has 1 aromatic rings. The first-order valence-corrected chi connectivity index (χ1v) is 10.1. The number of thioether (sulfide) groups is 1. The fourth-order valence-electron chi connectivity index (χ4n) is 4.31. The number of fused-ring (bicyclic) bond motifs is 1. The Morgan fingerprint density at radius 1 is 1.36 bits per heavy atom. The summed E-state index contributed by atoms with van der Waals surface area (Å²) in [6, 6.07) is 8.19. The van der Waals surface area contributed by atoms with E-state index in [1.165, 1.54) is 4.90 Å². The van der Waals surface area contributed by atoms with E-state index in [1.807, 2.05) is 28.8 Å². The van der Waals surface area contributed by atoms with Crippen molar-refractivity contribution < 1.29 is 14.3 Å². The van der Waals surface area contributed by atoms with Gasteiger partial charge in [-0.3, -0.25) is 9.69 Å². The largest absolute Gasteiger partial charge is 0.377 e. The highest BCUT2D eigenvalue weighted by Gasteiger charge is 2.47. The summed E-state index contributed by atoms with van der Waals surface area (Å²) in [6.45, 7) is 3.74. The minimum Gasteiger partial charge on any atom is -0.377 e. The molecule has 4 rings (SSSR count). The van der Waals surface area contributed by atoms with Crippen LogP contribution in [0.3, 0.4) is 0 Å². The zero-order valence-electron chi connectivity index (χ0n) is 14.8. The fourth-order valence-corrected chi connectivity index (χ4v) is 5.30. The Labute approximate surface area is 153 Å². The number of nitrogens with zero attached hydrogens (tertiary/aromatic N) is 2. The zero-order chi connectivity index (χ0) is 17.3. The summed E-state index contributed by atoms with van der Waals surface area (Å²) in [4.78, 5) is 18.3. The van der Waals surface area contributed by atoms with Crippen LogP contribution in [0.25, 0.3) is 0 Å². The van der Waals surface area contributed by atoms with Crippen molar-refractivity contribution in [1.82, 2.24) is 4.90 Å². The van der Waals surface area contributed by atoms with Gasteiger partial charge in [-0.1, -0.05) is 12.1 Å². The number of carbonyl (C=O) groups excluding carboxylic acids is 1. The van der Waals surface area contributed by atoms with Crippen LogP contribution in [0, 0.1) is 0 Å². The topological polar surface area (TPSA) is 42.0 Å². The van der Waals surface area contributed by atoms with Crippen molar-refractivity contribution >= 4 is 23.4 Å². The van der Waals surface area contributed by atoms with Crippen LogP contribution in [0.1, 0.15) is 19.3 Å². The molecule has 0 aromatic heterocycles. The Morgan fingerprint density at radius 2 is 2.24 bits per heavy atom. The minimum absolute atomic E-state index is 0.0562. The molecule has 1 amide bonds. The van der Waals surface area contributed by atoms with Crippen molar-refractivity contribution in [2.75, 3.05) is 50.5 Å². The average Bonchev–Trinajstić information content (AvgIpc) is 3.12. The number of carbonyl (C=O) groups is 1. The van der Waals surface area contributed by atoms with Gasteiger partial charge < -0.3 is 14.4 Å². The molecule has 0 N–H and O–H groups in total. The van der Waals surface area contributed by atoms with E-state index in [0.717, 1.165) is 56.9 Å². The third kappa shape index (κ3) is 3.33. The second kappa shape index (κ2) is 7.27. The lowest BCUT2D eigenvalue weighted by molar-refractivity contribution is -0.146. The molecule has 6 heteroatoms. The number of hydrogen-bond donors (Lipinski definition) is 0. The van der Waals surface area contributed by atoms with E-state index in [-0.39, 0.29) is 17.6 Å². The molecule has 0 unspecified atom stereocenters. The summed E-state index contributed by atoms with van der Waals surface area (Å²) in [5.74, 6) is 1.14. The van der Waals surface area contributed by atoms with Crippen LogP contribution in [0.2, 0.25) is 0 Å². The first-order chi connectivity index (χ1) is 12.2. The van der Waals surface area contributed by atoms with Crippen molar-refractivity contribution in [3.63, 3.8) is 0 Å². The standard InChI is InChI=1S/C19H26N2O3S/c1-23-17-13-20(9-8-19(17)7-4-11-24-19)14-18(22)21-10-12-25-16-6-3-2-5-15(16)21/h2-3,5-6,17H,4,7-14H2,1H3/t17-,19+/m1/s1. The summed E-state index contributed by atoms with van der Waals surface area (Å²) in [6.07, 6.45) is 3.19. The molecule has 2 fully saturated rings. The highest BCUT2D eigenvalue weighted by Crippen LogP contribution is 2.38. The minimum atomic E-state index is -0.122. The molecule has 25 heavy (non-hydrogen) atoms. The van der Waals surface area contributed by atoms with E-state index >= 15 is 0 Å². The highest BCUT2D eigenvalue weighted by molar-refractivity contribution is 7.99. The summed E-state index contributed by atoms with van der Waals surface area (Å²) in [7, 11) is 1.76. The summed E-state index contributed by atoms with van der Waals surface area (Å²) in [5, 5.41) is 0. The van der Waals surface area contributed by atoms with Crippen molar-refractivity contribution in [3.8, 4) is 0 Å². The van der Waals surface area contributed by atoms with E-state index < -0.39 is 0 Å². The van der Waals surface area contributed by atoms with E-state index in [0.29, 0.717) is 6.54 Å². The fraction of sp³-hybridized carbons (Fsp3) is 0.632. The quantitative estimate of drug-likeness (QED) is 0.826. The number of benzene rings is 1. The number of likely N-dealkylation sites (tertiary alicyclic amines) is 1. The second-order valence-electron chi connectivity index (χ2n) is 7.09. The number of rotatable bonds is 3. The molecule has 2 saturated heterocycles. The Balaban J connectivity index is 1.42. The number of ether oxygens (including phenoxy) is 2. The van der Waals surface area contributed by atoms with Crippen molar-refractivity contribution in [3.05, 3.63) is 24.3 Å².